The van der Waals surface area contributed by atoms with Crippen molar-refractivity contribution in [3.8, 4) is 5.69 Å². The first-order valence-electron chi connectivity index (χ1n) is 9.76. The number of anilines is 1. The molecule has 0 aliphatic carbocycles. The van der Waals surface area contributed by atoms with E-state index in [1.807, 2.05) is 25.1 Å². The molecule has 1 aromatic carbocycles. The van der Waals surface area contributed by atoms with Crippen molar-refractivity contribution in [3.05, 3.63) is 30.1 Å². The number of urea groups is 1. The van der Waals surface area contributed by atoms with E-state index in [1.165, 1.54) is 11.0 Å². The van der Waals surface area contributed by atoms with Gasteiger partial charge in [-0.05, 0) is 47.9 Å². The SMILES string of the molecule is Cc1c(NC(=O)CCCC[C@@H]2[C@H]3NC(=O)N[C@H]3CS2(=O)=O)cccc1-n1cnnn1. The number of hydrogen-bond acceptors (Lipinski definition) is 7. The summed E-state index contributed by atoms with van der Waals surface area (Å²) in [4.78, 5) is 23.8. The number of sulfone groups is 1. The molecule has 0 saturated carbocycles. The molecule has 2 aliphatic rings. The van der Waals surface area contributed by atoms with Crippen LogP contribution in [0.15, 0.2) is 24.5 Å². The molecule has 4 rings (SSSR count). The van der Waals surface area contributed by atoms with Crippen LogP contribution in [0.3, 0.4) is 0 Å². The molecule has 0 bridgehead atoms. The zero-order valence-corrected chi connectivity index (χ0v) is 17.2. The number of benzene rings is 1. The van der Waals surface area contributed by atoms with Crippen LogP contribution in [0.2, 0.25) is 0 Å². The molecule has 0 radical (unpaired) electrons. The van der Waals surface area contributed by atoms with Crippen LogP contribution in [0.25, 0.3) is 5.69 Å². The van der Waals surface area contributed by atoms with Crippen molar-refractivity contribution in [2.75, 3.05) is 11.1 Å². The van der Waals surface area contributed by atoms with E-state index >= 15 is 0 Å². The number of nitrogens with one attached hydrogen (secondary N) is 3. The van der Waals surface area contributed by atoms with Gasteiger partial charge in [0.1, 0.15) is 6.33 Å². The summed E-state index contributed by atoms with van der Waals surface area (Å²) in [6.45, 7) is 1.87. The monoisotopic (exact) mass is 433 g/mol. The van der Waals surface area contributed by atoms with E-state index in [-0.39, 0.29) is 36.2 Å². The minimum Gasteiger partial charge on any atom is -0.332 e. The van der Waals surface area contributed by atoms with Crippen LogP contribution in [0, 0.1) is 6.92 Å². The fourth-order valence-electron chi connectivity index (χ4n) is 4.13. The maximum atomic E-state index is 12.4. The van der Waals surface area contributed by atoms with Crippen LogP contribution >= 0.6 is 0 Å². The molecule has 3 amide bonds. The molecular formula is C18H23N7O4S. The molecular weight excluding hydrogens is 410 g/mol. The third-order valence-electron chi connectivity index (χ3n) is 5.64. The summed E-state index contributed by atoms with van der Waals surface area (Å²) in [6.07, 6.45) is 3.33. The fraction of sp³-hybridized carbons (Fsp3) is 0.500. The summed E-state index contributed by atoms with van der Waals surface area (Å²) >= 11 is 0. The molecule has 0 unspecified atom stereocenters. The first kappa shape index (κ1) is 20.3. The molecule has 1 aromatic heterocycles. The second kappa shape index (κ2) is 8.01. The van der Waals surface area contributed by atoms with Gasteiger partial charge in [-0.2, -0.15) is 0 Å². The first-order valence-corrected chi connectivity index (χ1v) is 11.5. The van der Waals surface area contributed by atoms with E-state index < -0.39 is 15.1 Å². The lowest BCUT2D eigenvalue weighted by Crippen LogP contribution is -2.39. The second-order valence-electron chi connectivity index (χ2n) is 7.62. The lowest BCUT2D eigenvalue weighted by atomic mass is 10.0. The average Bonchev–Trinajstić information content (AvgIpc) is 3.37. The molecule has 3 atom stereocenters. The smallest absolute Gasteiger partial charge is 0.315 e. The van der Waals surface area contributed by atoms with Gasteiger partial charge in [-0.15, -0.1) is 5.10 Å². The zero-order chi connectivity index (χ0) is 21.3. The van der Waals surface area contributed by atoms with Gasteiger partial charge in [0.25, 0.3) is 0 Å². The van der Waals surface area contributed by atoms with Crippen LogP contribution in [0.1, 0.15) is 31.2 Å². The van der Waals surface area contributed by atoms with Gasteiger partial charge >= 0.3 is 6.03 Å². The normalized spacial score (nSPS) is 24.2. The van der Waals surface area contributed by atoms with E-state index in [4.69, 9.17) is 0 Å². The Morgan fingerprint density at radius 2 is 2.13 bits per heavy atom. The summed E-state index contributed by atoms with van der Waals surface area (Å²) < 4.78 is 26.2. The third-order valence-corrected chi connectivity index (χ3v) is 7.91. The Labute approximate surface area is 173 Å². The summed E-state index contributed by atoms with van der Waals surface area (Å²) in [5, 5.41) is 18.8. The molecule has 2 saturated heterocycles. The Balaban J connectivity index is 1.29. The van der Waals surface area contributed by atoms with Gasteiger partial charge < -0.3 is 16.0 Å². The maximum Gasteiger partial charge on any atom is 0.315 e. The van der Waals surface area contributed by atoms with Crippen molar-refractivity contribution in [2.24, 2.45) is 0 Å². The lowest BCUT2D eigenvalue weighted by molar-refractivity contribution is -0.116. The Kier molecular flexibility index (Phi) is 5.41. The second-order valence-corrected chi connectivity index (χ2v) is 9.88. The molecule has 0 spiro atoms. The van der Waals surface area contributed by atoms with Crippen LogP contribution in [0.5, 0.6) is 0 Å². The highest BCUT2D eigenvalue weighted by molar-refractivity contribution is 7.92. The van der Waals surface area contributed by atoms with Crippen LogP contribution in [-0.4, -0.2) is 63.6 Å². The number of hydrogen-bond donors (Lipinski definition) is 3. The number of unbranched alkanes of at least 4 members (excludes halogenated alkanes) is 1. The molecule has 11 nitrogen and oxygen atoms in total. The van der Waals surface area contributed by atoms with Crippen molar-refractivity contribution in [2.45, 2.75) is 49.9 Å². The minimum absolute atomic E-state index is 0.0293. The quantitative estimate of drug-likeness (QED) is 0.420. The highest BCUT2D eigenvalue weighted by Gasteiger charge is 2.51. The van der Waals surface area contributed by atoms with E-state index in [0.29, 0.717) is 24.9 Å². The van der Waals surface area contributed by atoms with Crippen LogP contribution < -0.4 is 16.0 Å². The molecule has 3 heterocycles. The summed E-state index contributed by atoms with van der Waals surface area (Å²) in [5.74, 6) is -0.173. The Bertz CT molecular complexity index is 1050. The maximum absolute atomic E-state index is 12.4. The fourth-order valence-corrected chi connectivity index (χ4v) is 6.40. The number of amides is 3. The largest absolute Gasteiger partial charge is 0.332 e. The highest BCUT2D eigenvalue weighted by atomic mass is 32.2. The predicted octanol–water partition coefficient (Wildman–Crippen LogP) is 0.317. The summed E-state index contributed by atoms with van der Waals surface area (Å²) in [7, 11) is -3.25. The summed E-state index contributed by atoms with van der Waals surface area (Å²) in [6, 6.07) is 4.42. The minimum atomic E-state index is -3.25. The van der Waals surface area contributed by atoms with Crippen LogP contribution in [0.4, 0.5) is 10.5 Å². The number of carbonyl (C=O) groups is 2. The lowest BCUT2D eigenvalue weighted by Gasteiger charge is -2.16. The molecule has 2 aliphatic heterocycles. The van der Waals surface area contributed by atoms with Gasteiger partial charge in [-0.25, -0.2) is 17.9 Å². The number of tetrazole rings is 1. The van der Waals surface area contributed by atoms with Crippen molar-refractivity contribution >= 4 is 27.5 Å². The average molecular weight is 433 g/mol. The number of fused-ring (bicyclic) bond motifs is 1. The number of aromatic nitrogens is 4. The van der Waals surface area contributed by atoms with Crippen molar-refractivity contribution < 1.29 is 18.0 Å². The molecule has 160 valence electrons. The Morgan fingerprint density at radius 3 is 2.90 bits per heavy atom. The molecule has 30 heavy (non-hydrogen) atoms. The van der Waals surface area contributed by atoms with Gasteiger partial charge in [0.15, 0.2) is 9.84 Å². The molecule has 3 N–H and O–H groups in total. The zero-order valence-electron chi connectivity index (χ0n) is 16.4. The van der Waals surface area contributed by atoms with E-state index in [0.717, 1.165) is 11.3 Å². The van der Waals surface area contributed by atoms with E-state index in [1.54, 1.807) is 0 Å². The van der Waals surface area contributed by atoms with E-state index in [2.05, 4.69) is 31.5 Å². The van der Waals surface area contributed by atoms with Crippen molar-refractivity contribution in [3.63, 3.8) is 0 Å². The molecule has 2 fully saturated rings. The van der Waals surface area contributed by atoms with Crippen LogP contribution in [-0.2, 0) is 14.6 Å². The predicted molar refractivity (Wildman–Crippen MR) is 108 cm³/mol. The van der Waals surface area contributed by atoms with Crippen molar-refractivity contribution in [1.29, 1.82) is 0 Å². The topological polar surface area (TPSA) is 148 Å². The van der Waals surface area contributed by atoms with Gasteiger partial charge in [0.2, 0.25) is 5.91 Å². The van der Waals surface area contributed by atoms with Gasteiger partial charge in [-0.3, -0.25) is 4.79 Å². The first-order chi connectivity index (χ1) is 14.3. The number of carbonyl (C=O) groups excluding carboxylic acids is 2. The van der Waals surface area contributed by atoms with Gasteiger partial charge in [0, 0.05) is 12.1 Å². The van der Waals surface area contributed by atoms with Gasteiger partial charge in [-0.1, -0.05) is 12.5 Å². The summed E-state index contributed by atoms with van der Waals surface area (Å²) in [5.41, 5.74) is 2.28. The molecule has 12 heteroatoms. The highest BCUT2D eigenvalue weighted by Crippen LogP contribution is 2.28. The number of rotatable bonds is 7. The standard InChI is InChI=1S/C18H23N7O4S/c1-11-12(5-4-6-14(11)25-10-19-23-24-25)20-16(26)8-3-2-7-15-17-13(9-30(15,28)29)21-18(27)22-17/h4-6,10,13,15,17H,2-3,7-9H2,1H3,(H,20,26)(H2,21,22,27)/t13-,15+,17-/m0/s1. The Hall–Kier alpha value is -3.02. The van der Waals surface area contributed by atoms with Crippen molar-refractivity contribution in [1.82, 2.24) is 30.8 Å². The van der Waals surface area contributed by atoms with Gasteiger partial charge in [0.05, 0.1) is 28.8 Å². The number of nitrogens with zero attached hydrogens (tertiary/aromatic N) is 4. The Morgan fingerprint density at radius 1 is 1.30 bits per heavy atom. The molecule has 2 aromatic rings. The third kappa shape index (κ3) is 3.99. The van der Waals surface area contributed by atoms with E-state index in [9.17, 15) is 18.0 Å².